The minimum Gasteiger partial charge on any atom is -0.493 e. The molecule has 0 radical (unpaired) electrons. The molecule has 1 aromatic carbocycles. The van der Waals surface area contributed by atoms with Gasteiger partial charge in [-0.3, -0.25) is 9.98 Å². The molecule has 134 valence electrons. The molecule has 0 aliphatic rings. The van der Waals surface area contributed by atoms with Crippen molar-refractivity contribution >= 4 is 5.96 Å². The molecule has 0 atom stereocenters. The van der Waals surface area contributed by atoms with E-state index >= 15 is 0 Å². The zero-order valence-corrected chi connectivity index (χ0v) is 15.4. The van der Waals surface area contributed by atoms with Crippen LogP contribution in [0.15, 0.2) is 47.6 Å². The highest BCUT2D eigenvalue weighted by Crippen LogP contribution is 2.22. The average Bonchev–Trinajstić information content (AvgIpc) is 2.63. The van der Waals surface area contributed by atoms with E-state index in [1.807, 2.05) is 24.4 Å². The third-order valence-corrected chi connectivity index (χ3v) is 3.89. The van der Waals surface area contributed by atoms with Crippen LogP contribution in [0.3, 0.4) is 0 Å². The predicted molar refractivity (Wildman–Crippen MR) is 103 cm³/mol. The van der Waals surface area contributed by atoms with Gasteiger partial charge in [-0.15, -0.1) is 0 Å². The maximum Gasteiger partial charge on any atom is 0.190 e. The molecule has 5 nitrogen and oxygen atoms in total. The summed E-state index contributed by atoms with van der Waals surface area (Å²) < 4.78 is 5.91. The number of para-hydroxylation sites is 1. The largest absolute Gasteiger partial charge is 0.493 e. The first-order valence-corrected chi connectivity index (χ1v) is 8.74. The Kier molecular flexibility index (Phi) is 7.76. The van der Waals surface area contributed by atoms with Crippen LogP contribution in [-0.2, 0) is 6.42 Å². The van der Waals surface area contributed by atoms with E-state index in [0.29, 0.717) is 6.61 Å². The van der Waals surface area contributed by atoms with Gasteiger partial charge < -0.3 is 15.4 Å². The molecule has 2 rings (SSSR count). The normalized spacial score (nSPS) is 11.2. The smallest absolute Gasteiger partial charge is 0.190 e. The lowest BCUT2D eigenvalue weighted by molar-refractivity contribution is 0.307. The summed E-state index contributed by atoms with van der Waals surface area (Å²) in [6.45, 7) is 6.45. The van der Waals surface area contributed by atoms with E-state index in [1.54, 1.807) is 7.05 Å². The molecule has 5 heteroatoms. The van der Waals surface area contributed by atoms with Crippen LogP contribution >= 0.6 is 0 Å². The van der Waals surface area contributed by atoms with E-state index in [-0.39, 0.29) is 0 Å². The third kappa shape index (κ3) is 6.45. The van der Waals surface area contributed by atoms with Gasteiger partial charge in [0.2, 0.25) is 0 Å². The van der Waals surface area contributed by atoms with Gasteiger partial charge in [-0.1, -0.05) is 24.3 Å². The topological polar surface area (TPSA) is 58.5 Å². The maximum absolute atomic E-state index is 5.91. The lowest BCUT2D eigenvalue weighted by atomic mass is 10.1. The highest BCUT2D eigenvalue weighted by molar-refractivity contribution is 5.79. The number of pyridine rings is 1. The van der Waals surface area contributed by atoms with Crippen LogP contribution in [0.4, 0.5) is 0 Å². The van der Waals surface area contributed by atoms with Crippen molar-refractivity contribution in [2.75, 3.05) is 26.7 Å². The van der Waals surface area contributed by atoms with Crippen LogP contribution < -0.4 is 15.4 Å². The molecule has 1 heterocycles. The van der Waals surface area contributed by atoms with Gasteiger partial charge in [0.1, 0.15) is 5.75 Å². The van der Waals surface area contributed by atoms with Crippen molar-refractivity contribution in [3.63, 3.8) is 0 Å². The van der Waals surface area contributed by atoms with Gasteiger partial charge in [-0.25, -0.2) is 0 Å². The molecule has 0 amide bonds. The Hall–Kier alpha value is -2.56. The van der Waals surface area contributed by atoms with Gasteiger partial charge in [0.25, 0.3) is 0 Å². The van der Waals surface area contributed by atoms with Gasteiger partial charge >= 0.3 is 0 Å². The van der Waals surface area contributed by atoms with Crippen LogP contribution in [0.1, 0.15) is 23.2 Å². The van der Waals surface area contributed by atoms with Crippen LogP contribution in [0.5, 0.6) is 5.75 Å². The van der Waals surface area contributed by atoms with E-state index < -0.39 is 0 Å². The molecule has 0 saturated carbocycles. The van der Waals surface area contributed by atoms with Crippen molar-refractivity contribution in [1.82, 2.24) is 15.6 Å². The molecule has 0 bridgehead atoms. The monoisotopic (exact) mass is 340 g/mol. The lowest BCUT2D eigenvalue weighted by Gasteiger charge is -2.14. The lowest BCUT2D eigenvalue weighted by Crippen LogP contribution is -2.39. The second kappa shape index (κ2) is 10.3. The summed E-state index contributed by atoms with van der Waals surface area (Å²) in [6.07, 6.45) is 3.60. The van der Waals surface area contributed by atoms with Crippen molar-refractivity contribution in [2.24, 2.45) is 4.99 Å². The third-order valence-electron chi connectivity index (χ3n) is 3.89. The highest BCUT2D eigenvalue weighted by Gasteiger charge is 2.03. The minimum atomic E-state index is 0.684. The zero-order chi connectivity index (χ0) is 17.9. The number of aliphatic imine (C=N–C) groups is 1. The second-order valence-corrected chi connectivity index (χ2v) is 5.92. The summed E-state index contributed by atoms with van der Waals surface area (Å²) in [5.74, 6) is 1.81. The van der Waals surface area contributed by atoms with Crippen molar-refractivity contribution < 1.29 is 4.74 Å². The van der Waals surface area contributed by atoms with Crippen LogP contribution in [0.25, 0.3) is 0 Å². The van der Waals surface area contributed by atoms with Gasteiger partial charge in [0, 0.05) is 38.4 Å². The SMILES string of the molecule is CN=C(NCCCOc1c(C)cccc1C)NCCc1ccccn1. The van der Waals surface area contributed by atoms with Crippen LogP contribution in [0.2, 0.25) is 0 Å². The first-order valence-electron chi connectivity index (χ1n) is 8.74. The standard InChI is InChI=1S/C20H28N4O/c1-16-8-6-9-17(2)19(16)25-15-7-13-23-20(21-3)24-14-11-18-10-4-5-12-22-18/h4-6,8-10,12H,7,11,13-15H2,1-3H3,(H2,21,23,24). The van der Waals surface area contributed by atoms with Crippen LogP contribution in [-0.4, -0.2) is 37.7 Å². The number of hydrogen-bond donors (Lipinski definition) is 2. The number of nitrogens with zero attached hydrogens (tertiary/aromatic N) is 2. The first-order chi connectivity index (χ1) is 12.2. The summed E-state index contributed by atoms with van der Waals surface area (Å²) >= 11 is 0. The van der Waals surface area contributed by atoms with Gasteiger partial charge in [0.05, 0.1) is 6.61 Å². The molecule has 0 saturated heterocycles. The van der Waals surface area contributed by atoms with Crippen molar-refractivity contribution in [2.45, 2.75) is 26.7 Å². The molecule has 2 aromatic rings. The van der Waals surface area contributed by atoms with E-state index in [4.69, 9.17) is 4.74 Å². The number of nitrogens with one attached hydrogen (secondary N) is 2. The summed E-state index contributed by atoms with van der Waals surface area (Å²) in [5, 5.41) is 6.61. The van der Waals surface area contributed by atoms with Gasteiger partial charge in [-0.2, -0.15) is 0 Å². The molecule has 25 heavy (non-hydrogen) atoms. The quantitative estimate of drug-likeness (QED) is 0.441. The highest BCUT2D eigenvalue weighted by atomic mass is 16.5. The molecule has 0 aliphatic heterocycles. The van der Waals surface area contributed by atoms with Crippen molar-refractivity contribution in [3.8, 4) is 5.75 Å². The van der Waals surface area contributed by atoms with E-state index in [0.717, 1.165) is 43.3 Å². The Labute approximate surface area is 150 Å². The molecule has 0 spiro atoms. The Morgan fingerprint density at radius 1 is 1.04 bits per heavy atom. The Bertz CT molecular complexity index is 650. The zero-order valence-electron chi connectivity index (χ0n) is 15.4. The van der Waals surface area contributed by atoms with Gasteiger partial charge in [-0.05, 0) is 43.5 Å². The number of aryl methyl sites for hydroxylation is 2. The summed E-state index contributed by atoms with van der Waals surface area (Å²) in [4.78, 5) is 8.55. The van der Waals surface area contributed by atoms with E-state index in [1.165, 1.54) is 11.1 Å². The summed E-state index contributed by atoms with van der Waals surface area (Å²) in [6, 6.07) is 12.2. The molecule has 0 aliphatic carbocycles. The van der Waals surface area contributed by atoms with E-state index in [2.05, 4.69) is 52.7 Å². The molecule has 0 unspecified atom stereocenters. The number of ether oxygens (including phenoxy) is 1. The van der Waals surface area contributed by atoms with E-state index in [9.17, 15) is 0 Å². The molecular weight excluding hydrogens is 312 g/mol. The molecule has 2 N–H and O–H groups in total. The minimum absolute atomic E-state index is 0.684. The fourth-order valence-electron chi connectivity index (χ4n) is 2.56. The number of guanidine groups is 1. The number of rotatable bonds is 8. The maximum atomic E-state index is 5.91. The number of benzene rings is 1. The Morgan fingerprint density at radius 3 is 2.48 bits per heavy atom. The average molecular weight is 340 g/mol. The number of aromatic nitrogens is 1. The van der Waals surface area contributed by atoms with Gasteiger partial charge in [0.15, 0.2) is 5.96 Å². The summed E-state index contributed by atoms with van der Waals surface area (Å²) in [7, 11) is 1.78. The second-order valence-electron chi connectivity index (χ2n) is 5.92. The fourth-order valence-corrected chi connectivity index (χ4v) is 2.56. The first kappa shape index (κ1) is 18.8. The summed E-state index contributed by atoms with van der Waals surface area (Å²) in [5.41, 5.74) is 3.44. The van der Waals surface area contributed by atoms with Crippen molar-refractivity contribution in [1.29, 1.82) is 0 Å². The Morgan fingerprint density at radius 2 is 1.80 bits per heavy atom. The Balaban J connectivity index is 1.63. The fraction of sp³-hybridized carbons (Fsp3) is 0.400. The van der Waals surface area contributed by atoms with Crippen LogP contribution in [0, 0.1) is 13.8 Å². The predicted octanol–water partition coefficient (Wildman–Crippen LogP) is 2.88. The van der Waals surface area contributed by atoms with Crippen molar-refractivity contribution in [3.05, 3.63) is 59.4 Å². The number of hydrogen-bond acceptors (Lipinski definition) is 3. The molecular formula is C20H28N4O. The molecule has 0 fully saturated rings. The molecule has 1 aromatic heterocycles.